The number of carboxylic acid groups (broad SMARTS) is 1. The molecule has 2 aromatic heterocycles. The number of carboxylic acids is 1. The molecule has 0 amide bonds. The van der Waals surface area contributed by atoms with Crippen molar-refractivity contribution < 1.29 is 9.90 Å². The number of hydrogen-bond acceptors (Lipinski definition) is 5. The Kier molecular flexibility index (Phi) is 4.11. The lowest BCUT2D eigenvalue weighted by Gasteiger charge is -2.03. The highest BCUT2D eigenvalue weighted by Gasteiger charge is 2.07. The molecule has 22 heavy (non-hydrogen) atoms. The second-order valence-electron chi connectivity index (χ2n) is 4.61. The first kappa shape index (κ1) is 14.2. The van der Waals surface area contributed by atoms with Crippen LogP contribution < -0.4 is 5.32 Å². The molecule has 6 heteroatoms. The number of thiazole rings is 1. The molecule has 5 nitrogen and oxygen atoms in total. The standard InChI is InChI=1S/C16H13N3O2S/c20-15(21)9-12-7-4-8-14(18-12)19-16-17-10-13(22-16)11-5-2-1-3-6-11/h1-8,10H,9H2,(H,20,21)(H,17,18,19). The monoisotopic (exact) mass is 311 g/mol. The van der Waals surface area contributed by atoms with E-state index in [1.807, 2.05) is 36.5 Å². The third-order valence-corrected chi connectivity index (χ3v) is 3.90. The number of nitrogens with one attached hydrogen (secondary N) is 1. The number of benzene rings is 1. The van der Waals surface area contributed by atoms with Crippen LogP contribution in [0.15, 0.2) is 54.7 Å². The van der Waals surface area contributed by atoms with Crippen LogP contribution in [-0.4, -0.2) is 21.0 Å². The Bertz CT molecular complexity index is 787. The summed E-state index contributed by atoms with van der Waals surface area (Å²) in [6.45, 7) is 0. The van der Waals surface area contributed by atoms with Crippen molar-refractivity contribution >= 4 is 28.3 Å². The molecule has 0 unspecified atom stereocenters. The first-order valence-electron chi connectivity index (χ1n) is 6.67. The van der Waals surface area contributed by atoms with Crippen LogP contribution in [0.1, 0.15) is 5.69 Å². The van der Waals surface area contributed by atoms with Crippen LogP contribution in [0, 0.1) is 0 Å². The van der Waals surface area contributed by atoms with Crippen molar-refractivity contribution in [2.45, 2.75) is 6.42 Å². The molecule has 0 aliphatic heterocycles. The summed E-state index contributed by atoms with van der Waals surface area (Å²) in [4.78, 5) is 20.4. The number of rotatable bonds is 5. The molecule has 0 radical (unpaired) electrons. The van der Waals surface area contributed by atoms with Crippen LogP contribution in [-0.2, 0) is 11.2 Å². The number of pyridine rings is 1. The van der Waals surface area contributed by atoms with Gasteiger partial charge in [0.2, 0.25) is 0 Å². The van der Waals surface area contributed by atoms with Gasteiger partial charge < -0.3 is 10.4 Å². The van der Waals surface area contributed by atoms with E-state index in [4.69, 9.17) is 5.11 Å². The highest BCUT2D eigenvalue weighted by molar-refractivity contribution is 7.18. The van der Waals surface area contributed by atoms with Crippen LogP contribution >= 0.6 is 11.3 Å². The van der Waals surface area contributed by atoms with Gasteiger partial charge in [0.25, 0.3) is 0 Å². The van der Waals surface area contributed by atoms with Crippen LogP contribution in [0.3, 0.4) is 0 Å². The minimum atomic E-state index is -0.898. The number of carbonyl (C=O) groups is 1. The fourth-order valence-corrected chi connectivity index (χ4v) is 2.81. The molecule has 0 saturated carbocycles. The smallest absolute Gasteiger partial charge is 0.309 e. The molecule has 0 atom stereocenters. The Morgan fingerprint density at radius 3 is 2.73 bits per heavy atom. The molecule has 0 aliphatic rings. The highest BCUT2D eigenvalue weighted by atomic mass is 32.1. The lowest BCUT2D eigenvalue weighted by molar-refractivity contribution is -0.136. The molecule has 0 saturated heterocycles. The predicted octanol–water partition coefficient (Wildman–Crippen LogP) is 3.58. The fourth-order valence-electron chi connectivity index (χ4n) is 1.98. The third kappa shape index (κ3) is 3.48. The minimum Gasteiger partial charge on any atom is -0.481 e. The van der Waals surface area contributed by atoms with E-state index in [9.17, 15) is 4.79 Å². The molecule has 3 aromatic rings. The SMILES string of the molecule is O=C(O)Cc1cccc(Nc2ncc(-c3ccccc3)s2)n1. The van der Waals surface area contributed by atoms with E-state index in [0.717, 1.165) is 15.6 Å². The van der Waals surface area contributed by atoms with E-state index < -0.39 is 5.97 Å². The fraction of sp³-hybridized carbons (Fsp3) is 0.0625. The maximum absolute atomic E-state index is 10.7. The molecule has 0 aliphatic carbocycles. The summed E-state index contributed by atoms with van der Waals surface area (Å²) in [6.07, 6.45) is 1.71. The lowest BCUT2D eigenvalue weighted by atomic mass is 10.2. The van der Waals surface area contributed by atoms with E-state index in [-0.39, 0.29) is 6.42 Å². The maximum Gasteiger partial charge on any atom is 0.309 e. The van der Waals surface area contributed by atoms with Crippen LogP contribution in [0.4, 0.5) is 10.9 Å². The molecular formula is C16H13N3O2S. The quantitative estimate of drug-likeness (QED) is 0.753. The predicted molar refractivity (Wildman–Crippen MR) is 86.4 cm³/mol. The van der Waals surface area contributed by atoms with Gasteiger partial charge in [-0.05, 0) is 17.7 Å². The summed E-state index contributed by atoms with van der Waals surface area (Å²) >= 11 is 1.52. The van der Waals surface area contributed by atoms with Gasteiger partial charge in [0.05, 0.1) is 17.0 Å². The average molecular weight is 311 g/mol. The van der Waals surface area contributed by atoms with Crippen molar-refractivity contribution in [2.75, 3.05) is 5.32 Å². The van der Waals surface area contributed by atoms with Crippen molar-refractivity contribution in [3.63, 3.8) is 0 Å². The number of nitrogens with zero attached hydrogens (tertiary/aromatic N) is 2. The zero-order valence-corrected chi connectivity index (χ0v) is 12.4. The van der Waals surface area contributed by atoms with Crippen LogP contribution in [0.25, 0.3) is 10.4 Å². The molecule has 0 bridgehead atoms. The summed E-state index contributed by atoms with van der Waals surface area (Å²) in [7, 11) is 0. The number of aromatic nitrogens is 2. The topological polar surface area (TPSA) is 75.1 Å². The molecule has 110 valence electrons. The third-order valence-electron chi connectivity index (χ3n) is 2.94. The molecule has 2 N–H and O–H groups in total. The second-order valence-corrected chi connectivity index (χ2v) is 5.64. The summed E-state index contributed by atoms with van der Waals surface area (Å²) in [6, 6.07) is 15.3. The van der Waals surface area contributed by atoms with Gasteiger partial charge in [-0.25, -0.2) is 9.97 Å². The Morgan fingerprint density at radius 2 is 1.95 bits per heavy atom. The summed E-state index contributed by atoms with van der Waals surface area (Å²) < 4.78 is 0. The van der Waals surface area contributed by atoms with Gasteiger partial charge in [-0.15, -0.1) is 0 Å². The maximum atomic E-state index is 10.7. The van der Waals surface area contributed by atoms with Crippen molar-refractivity contribution in [3.05, 3.63) is 60.4 Å². The van der Waals surface area contributed by atoms with E-state index in [0.29, 0.717) is 11.5 Å². The van der Waals surface area contributed by atoms with Crippen molar-refractivity contribution in [3.8, 4) is 10.4 Å². The summed E-state index contributed by atoms with van der Waals surface area (Å²) in [5.41, 5.74) is 1.62. The summed E-state index contributed by atoms with van der Waals surface area (Å²) in [5.74, 6) is -0.307. The van der Waals surface area contributed by atoms with Gasteiger partial charge in [0.1, 0.15) is 5.82 Å². The van der Waals surface area contributed by atoms with Gasteiger partial charge in [0, 0.05) is 6.20 Å². The van der Waals surface area contributed by atoms with E-state index in [1.54, 1.807) is 18.2 Å². The van der Waals surface area contributed by atoms with Gasteiger partial charge in [0.15, 0.2) is 5.13 Å². The first-order chi connectivity index (χ1) is 10.7. The zero-order valence-electron chi connectivity index (χ0n) is 11.6. The molecule has 0 fully saturated rings. The minimum absolute atomic E-state index is 0.0946. The second kappa shape index (κ2) is 6.36. The van der Waals surface area contributed by atoms with E-state index in [2.05, 4.69) is 15.3 Å². The Hall–Kier alpha value is -2.73. The molecule has 0 spiro atoms. The number of aliphatic carboxylic acids is 1. The van der Waals surface area contributed by atoms with Crippen molar-refractivity contribution in [1.82, 2.24) is 9.97 Å². The zero-order chi connectivity index (χ0) is 15.4. The Labute approximate surface area is 131 Å². The Morgan fingerprint density at radius 1 is 1.14 bits per heavy atom. The van der Waals surface area contributed by atoms with E-state index >= 15 is 0 Å². The largest absolute Gasteiger partial charge is 0.481 e. The van der Waals surface area contributed by atoms with Gasteiger partial charge in [-0.3, -0.25) is 4.79 Å². The number of anilines is 2. The van der Waals surface area contributed by atoms with Crippen LogP contribution in [0.5, 0.6) is 0 Å². The van der Waals surface area contributed by atoms with Crippen LogP contribution in [0.2, 0.25) is 0 Å². The first-order valence-corrected chi connectivity index (χ1v) is 7.48. The van der Waals surface area contributed by atoms with Gasteiger partial charge in [-0.2, -0.15) is 0 Å². The van der Waals surface area contributed by atoms with Gasteiger partial charge >= 0.3 is 5.97 Å². The molecular weight excluding hydrogens is 298 g/mol. The van der Waals surface area contributed by atoms with Crippen molar-refractivity contribution in [1.29, 1.82) is 0 Å². The lowest BCUT2D eigenvalue weighted by Crippen LogP contribution is -2.03. The average Bonchev–Trinajstić information content (AvgIpc) is 2.96. The number of hydrogen-bond donors (Lipinski definition) is 2. The normalized spacial score (nSPS) is 10.4. The summed E-state index contributed by atoms with van der Waals surface area (Å²) in [5, 5.41) is 12.6. The highest BCUT2D eigenvalue weighted by Crippen LogP contribution is 2.29. The Balaban J connectivity index is 1.77. The van der Waals surface area contributed by atoms with Crippen molar-refractivity contribution in [2.24, 2.45) is 0 Å². The van der Waals surface area contributed by atoms with Gasteiger partial charge in [-0.1, -0.05) is 47.7 Å². The van der Waals surface area contributed by atoms with E-state index in [1.165, 1.54) is 11.3 Å². The molecule has 3 rings (SSSR count). The molecule has 1 aromatic carbocycles. The molecule has 2 heterocycles.